The van der Waals surface area contributed by atoms with E-state index < -0.39 is 30.7 Å². The summed E-state index contributed by atoms with van der Waals surface area (Å²) < 4.78 is 39.1. The highest BCUT2D eigenvalue weighted by Gasteiger charge is 2.56. The van der Waals surface area contributed by atoms with Crippen LogP contribution >= 0.6 is 0 Å². The SMILES string of the molecule is Cc1cc(C(=O)N2CCCC(O)(C(F)(F)F)C2)nc2ccccc12. The smallest absolute Gasteiger partial charge is 0.379 e. The van der Waals surface area contributed by atoms with Gasteiger partial charge in [0.2, 0.25) is 0 Å². The molecule has 1 amide bonds. The Labute approximate surface area is 136 Å². The van der Waals surface area contributed by atoms with Crippen LogP contribution in [0.25, 0.3) is 10.9 Å². The van der Waals surface area contributed by atoms with Gasteiger partial charge in [-0.3, -0.25) is 4.79 Å². The lowest BCUT2D eigenvalue weighted by molar-refractivity contribution is -0.271. The summed E-state index contributed by atoms with van der Waals surface area (Å²) in [5.74, 6) is -0.591. The Morgan fingerprint density at radius 3 is 2.75 bits per heavy atom. The number of benzene rings is 1. The van der Waals surface area contributed by atoms with Gasteiger partial charge in [-0.1, -0.05) is 18.2 Å². The van der Waals surface area contributed by atoms with E-state index in [2.05, 4.69) is 4.98 Å². The average Bonchev–Trinajstić information content (AvgIpc) is 2.53. The summed E-state index contributed by atoms with van der Waals surface area (Å²) in [7, 11) is 0. The number of rotatable bonds is 1. The van der Waals surface area contributed by atoms with Crippen LogP contribution in [0, 0.1) is 6.92 Å². The normalized spacial score (nSPS) is 22.0. The summed E-state index contributed by atoms with van der Waals surface area (Å²) in [4.78, 5) is 17.9. The first-order chi connectivity index (χ1) is 11.2. The maximum absolute atomic E-state index is 13.0. The van der Waals surface area contributed by atoms with E-state index in [1.165, 1.54) is 0 Å². The number of hydrogen-bond acceptors (Lipinski definition) is 3. The number of aliphatic hydroxyl groups is 1. The number of pyridine rings is 1. The third-order valence-corrected chi connectivity index (χ3v) is 4.43. The van der Waals surface area contributed by atoms with Gasteiger partial charge >= 0.3 is 6.18 Å². The summed E-state index contributed by atoms with van der Waals surface area (Å²) in [6.45, 7) is 1.23. The van der Waals surface area contributed by atoms with Gasteiger partial charge in [-0.25, -0.2) is 4.98 Å². The Kier molecular flexibility index (Phi) is 3.99. The molecule has 1 unspecified atom stereocenters. The fraction of sp³-hybridized carbons (Fsp3) is 0.412. The topological polar surface area (TPSA) is 53.4 Å². The third kappa shape index (κ3) is 2.84. The van der Waals surface area contributed by atoms with Crippen molar-refractivity contribution in [3.05, 3.63) is 41.6 Å². The number of fused-ring (bicyclic) bond motifs is 1. The number of piperidine rings is 1. The highest BCUT2D eigenvalue weighted by molar-refractivity contribution is 5.96. The molecule has 0 bridgehead atoms. The standard InChI is InChI=1S/C17H17F3N2O2/c1-11-9-14(21-13-6-3-2-5-12(11)13)15(23)22-8-4-7-16(24,10-22)17(18,19)20/h2-3,5-6,9,24H,4,7-8,10H2,1H3. The summed E-state index contributed by atoms with van der Waals surface area (Å²) in [5, 5.41) is 10.7. The Bertz CT molecular complexity index is 791. The van der Waals surface area contributed by atoms with Gasteiger partial charge < -0.3 is 10.0 Å². The molecule has 24 heavy (non-hydrogen) atoms. The van der Waals surface area contributed by atoms with Crippen molar-refractivity contribution in [1.82, 2.24) is 9.88 Å². The van der Waals surface area contributed by atoms with Crippen LogP contribution in [0.4, 0.5) is 13.2 Å². The van der Waals surface area contributed by atoms with Gasteiger partial charge in [0.15, 0.2) is 5.60 Å². The maximum atomic E-state index is 13.0. The van der Waals surface area contributed by atoms with Crippen LogP contribution in [0.2, 0.25) is 0 Å². The van der Waals surface area contributed by atoms with E-state index in [4.69, 9.17) is 0 Å². The monoisotopic (exact) mass is 338 g/mol. The lowest BCUT2D eigenvalue weighted by atomic mass is 9.92. The second kappa shape index (κ2) is 5.73. The van der Waals surface area contributed by atoms with Crippen molar-refractivity contribution in [3.8, 4) is 0 Å². The van der Waals surface area contributed by atoms with Crippen LogP contribution in [0.1, 0.15) is 28.9 Å². The molecule has 2 aromatic rings. The predicted molar refractivity (Wildman–Crippen MR) is 82.6 cm³/mol. The highest BCUT2D eigenvalue weighted by atomic mass is 19.4. The molecule has 7 heteroatoms. The number of nitrogens with zero attached hydrogens (tertiary/aromatic N) is 2. The van der Waals surface area contributed by atoms with Crippen molar-refractivity contribution in [2.75, 3.05) is 13.1 Å². The van der Waals surface area contributed by atoms with E-state index in [0.29, 0.717) is 5.52 Å². The molecule has 2 heterocycles. The number of halogens is 3. The molecule has 128 valence electrons. The second-order valence-corrected chi connectivity index (χ2v) is 6.20. The zero-order valence-electron chi connectivity index (χ0n) is 13.1. The van der Waals surface area contributed by atoms with Gasteiger partial charge in [0.05, 0.1) is 12.1 Å². The van der Waals surface area contributed by atoms with Crippen molar-refractivity contribution in [3.63, 3.8) is 0 Å². The molecule has 1 fully saturated rings. The Morgan fingerprint density at radius 2 is 2.04 bits per heavy atom. The van der Waals surface area contributed by atoms with Crippen molar-refractivity contribution in [2.45, 2.75) is 31.5 Å². The molecule has 0 saturated carbocycles. The number of carbonyl (C=O) groups excluding carboxylic acids is 1. The van der Waals surface area contributed by atoms with Crippen LogP contribution in [0.15, 0.2) is 30.3 Å². The molecule has 4 nitrogen and oxygen atoms in total. The van der Waals surface area contributed by atoms with Gasteiger partial charge in [-0.15, -0.1) is 0 Å². The first-order valence-corrected chi connectivity index (χ1v) is 7.66. The highest BCUT2D eigenvalue weighted by Crippen LogP contribution is 2.37. The second-order valence-electron chi connectivity index (χ2n) is 6.20. The molecule has 0 aliphatic carbocycles. The van der Waals surface area contributed by atoms with Crippen LogP contribution in [-0.2, 0) is 0 Å². The quantitative estimate of drug-likeness (QED) is 0.869. The van der Waals surface area contributed by atoms with Crippen molar-refractivity contribution < 1.29 is 23.1 Å². The molecular formula is C17H17F3N2O2. The lowest BCUT2D eigenvalue weighted by Gasteiger charge is -2.39. The Hall–Kier alpha value is -2.15. The molecule has 0 radical (unpaired) electrons. The molecule has 1 N–H and O–H groups in total. The first-order valence-electron chi connectivity index (χ1n) is 7.66. The van der Waals surface area contributed by atoms with E-state index in [1.54, 1.807) is 18.2 Å². The van der Waals surface area contributed by atoms with Gasteiger partial charge in [0.1, 0.15) is 5.69 Å². The number of alkyl halides is 3. The van der Waals surface area contributed by atoms with E-state index in [-0.39, 0.29) is 18.7 Å². The number of para-hydroxylation sites is 1. The molecule has 1 saturated heterocycles. The van der Waals surface area contributed by atoms with E-state index in [0.717, 1.165) is 15.8 Å². The summed E-state index contributed by atoms with van der Waals surface area (Å²) >= 11 is 0. The van der Waals surface area contributed by atoms with Crippen LogP contribution in [0.5, 0.6) is 0 Å². The van der Waals surface area contributed by atoms with Crippen molar-refractivity contribution >= 4 is 16.8 Å². The van der Waals surface area contributed by atoms with E-state index in [9.17, 15) is 23.1 Å². The molecule has 1 aliphatic rings. The number of likely N-dealkylation sites (tertiary alicyclic amines) is 1. The zero-order chi connectivity index (χ0) is 17.5. The predicted octanol–water partition coefficient (Wildman–Crippen LogP) is 3.07. The van der Waals surface area contributed by atoms with Crippen molar-refractivity contribution in [2.24, 2.45) is 0 Å². The summed E-state index contributed by atoms with van der Waals surface area (Å²) in [6.07, 6.45) is -5.07. The molecular weight excluding hydrogens is 321 g/mol. The third-order valence-electron chi connectivity index (χ3n) is 4.43. The molecule has 1 aromatic heterocycles. The number of β-amino-alcohol motifs (C(OH)–C–C–N with tert-alkyl or cyclic N) is 1. The zero-order valence-corrected chi connectivity index (χ0v) is 13.1. The fourth-order valence-corrected chi connectivity index (χ4v) is 3.06. The molecule has 0 spiro atoms. The minimum Gasteiger partial charge on any atom is -0.379 e. The Morgan fingerprint density at radius 1 is 1.33 bits per heavy atom. The molecule has 1 atom stereocenters. The van der Waals surface area contributed by atoms with E-state index >= 15 is 0 Å². The summed E-state index contributed by atoms with van der Waals surface area (Å²) in [5.41, 5.74) is -1.32. The van der Waals surface area contributed by atoms with Gasteiger partial charge in [0, 0.05) is 11.9 Å². The fourth-order valence-electron chi connectivity index (χ4n) is 3.06. The maximum Gasteiger partial charge on any atom is 0.418 e. The number of aromatic nitrogens is 1. The van der Waals surface area contributed by atoms with E-state index in [1.807, 2.05) is 19.1 Å². The van der Waals surface area contributed by atoms with Crippen LogP contribution in [-0.4, -0.2) is 45.8 Å². The molecule has 1 aliphatic heterocycles. The first kappa shape index (κ1) is 16.7. The minimum atomic E-state index is -4.77. The summed E-state index contributed by atoms with van der Waals surface area (Å²) in [6, 6.07) is 8.83. The van der Waals surface area contributed by atoms with Crippen LogP contribution < -0.4 is 0 Å². The number of hydrogen-bond donors (Lipinski definition) is 1. The largest absolute Gasteiger partial charge is 0.418 e. The molecule has 3 rings (SSSR count). The van der Waals surface area contributed by atoms with Gasteiger partial charge in [-0.05, 0) is 37.5 Å². The van der Waals surface area contributed by atoms with Gasteiger partial charge in [0.25, 0.3) is 5.91 Å². The number of aryl methyl sites for hydroxylation is 1. The lowest BCUT2D eigenvalue weighted by Crippen LogP contribution is -2.58. The van der Waals surface area contributed by atoms with Gasteiger partial charge in [-0.2, -0.15) is 13.2 Å². The number of amides is 1. The number of carbonyl (C=O) groups is 1. The minimum absolute atomic E-state index is 0.0916. The van der Waals surface area contributed by atoms with Crippen LogP contribution in [0.3, 0.4) is 0 Å². The van der Waals surface area contributed by atoms with Crippen molar-refractivity contribution in [1.29, 1.82) is 0 Å². The average molecular weight is 338 g/mol. The Balaban J connectivity index is 1.92. The molecule has 1 aromatic carbocycles.